The topological polar surface area (TPSA) is 103 Å². The predicted molar refractivity (Wildman–Crippen MR) is 75.2 cm³/mol. The number of aryl methyl sites for hydroxylation is 1. The van der Waals surface area contributed by atoms with Gasteiger partial charge in [-0.3, -0.25) is 0 Å². The van der Waals surface area contributed by atoms with Gasteiger partial charge in [-0.1, -0.05) is 18.5 Å². The lowest BCUT2D eigenvalue weighted by atomic mass is 10.1. The monoisotopic (exact) mass is 282 g/mol. The Morgan fingerprint density at radius 3 is 2.65 bits per heavy atom. The predicted octanol–water partition coefficient (Wildman–Crippen LogP) is 1.38. The van der Waals surface area contributed by atoms with Crippen molar-refractivity contribution >= 4 is 5.84 Å². The van der Waals surface area contributed by atoms with Crippen LogP contribution in [-0.4, -0.2) is 41.1 Å². The summed E-state index contributed by atoms with van der Waals surface area (Å²) in [4.78, 5) is 0. The molecule has 0 unspecified atom stereocenters. The fourth-order valence-electron chi connectivity index (χ4n) is 1.59. The van der Waals surface area contributed by atoms with Crippen LogP contribution >= 0.6 is 0 Å². The fraction of sp³-hybridized carbons (Fsp3) is 0.615. The summed E-state index contributed by atoms with van der Waals surface area (Å²) < 4.78 is 10.9. The van der Waals surface area contributed by atoms with E-state index in [0.717, 1.165) is 18.4 Å². The van der Waals surface area contributed by atoms with Gasteiger partial charge in [0.1, 0.15) is 6.61 Å². The molecule has 7 heteroatoms. The zero-order valence-electron chi connectivity index (χ0n) is 12.2. The molecule has 0 bridgehead atoms. The van der Waals surface area contributed by atoms with Gasteiger partial charge in [-0.2, -0.15) is 5.10 Å². The molecule has 112 valence electrons. The van der Waals surface area contributed by atoms with E-state index in [2.05, 4.69) is 22.3 Å². The molecule has 0 amide bonds. The van der Waals surface area contributed by atoms with Gasteiger partial charge in [0, 0.05) is 6.61 Å². The standard InChI is InChI=1S/C13H22N4O3/c1-4-5-6-19-7-8-20-13-11(12(14)17-18)9(2)10(3)15-16-13/h18H,4-8H2,1-3H3,(H2,14,17). The first-order valence-electron chi connectivity index (χ1n) is 6.64. The Labute approximate surface area is 118 Å². The van der Waals surface area contributed by atoms with Crippen LogP contribution in [0.5, 0.6) is 5.88 Å². The summed E-state index contributed by atoms with van der Waals surface area (Å²) in [6.07, 6.45) is 2.12. The number of nitrogens with two attached hydrogens (primary N) is 1. The van der Waals surface area contributed by atoms with Crippen LogP contribution in [0.25, 0.3) is 0 Å². The fourth-order valence-corrected chi connectivity index (χ4v) is 1.59. The highest BCUT2D eigenvalue weighted by Gasteiger charge is 2.16. The molecule has 1 aromatic rings. The Morgan fingerprint density at radius 1 is 1.25 bits per heavy atom. The Kier molecular flexibility index (Phi) is 6.72. The van der Waals surface area contributed by atoms with Gasteiger partial charge >= 0.3 is 0 Å². The van der Waals surface area contributed by atoms with Gasteiger partial charge in [0.2, 0.25) is 5.88 Å². The van der Waals surface area contributed by atoms with E-state index >= 15 is 0 Å². The van der Waals surface area contributed by atoms with E-state index in [1.807, 2.05) is 6.92 Å². The third kappa shape index (κ3) is 4.34. The minimum atomic E-state index is -0.0394. The Hall–Kier alpha value is -1.89. The van der Waals surface area contributed by atoms with Crippen molar-refractivity contribution < 1.29 is 14.7 Å². The average Bonchev–Trinajstić information content (AvgIpc) is 2.45. The first-order valence-corrected chi connectivity index (χ1v) is 6.64. The van der Waals surface area contributed by atoms with E-state index in [1.54, 1.807) is 6.92 Å². The number of amidine groups is 1. The van der Waals surface area contributed by atoms with Gasteiger partial charge in [-0.05, 0) is 25.8 Å². The van der Waals surface area contributed by atoms with Gasteiger partial charge < -0.3 is 20.4 Å². The van der Waals surface area contributed by atoms with Crippen LogP contribution in [0, 0.1) is 13.8 Å². The van der Waals surface area contributed by atoms with E-state index in [4.69, 9.17) is 20.4 Å². The highest BCUT2D eigenvalue weighted by molar-refractivity contribution is 6.00. The normalized spacial score (nSPS) is 11.7. The molecule has 0 radical (unpaired) electrons. The average molecular weight is 282 g/mol. The summed E-state index contributed by atoms with van der Waals surface area (Å²) in [6, 6.07) is 0. The molecule has 0 saturated carbocycles. The highest BCUT2D eigenvalue weighted by atomic mass is 16.5. The van der Waals surface area contributed by atoms with Crippen LogP contribution in [0.3, 0.4) is 0 Å². The first-order chi connectivity index (χ1) is 9.61. The quantitative estimate of drug-likeness (QED) is 0.245. The summed E-state index contributed by atoms with van der Waals surface area (Å²) in [7, 11) is 0. The van der Waals surface area contributed by atoms with Crippen molar-refractivity contribution in [2.45, 2.75) is 33.6 Å². The van der Waals surface area contributed by atoms with Crippen molar-refractivity contribution in [1.29, 1.82) is 0 Å². The molecule has 0 aromatic carbocycles. The Balaban J connectivity index is 2.68. The van der Waals surface area contributed by atoms with Crippen molar-refractivity contribution in [3.63, 3.8) is 0 Å². The van der Waals surface area contributed by atoms with E-state index in [-0.39, 0.29) is 11.7 Å². The van der Waals surface area contributed by atoms with Crippen LogP contribution in [0.1, 0.15) is 36.6 Å². The Bertz CT molecular complexity index is 463. The largest absolute Gasteiger partial charge is 0.474 e. The lowest BCUT2D eigenvalue weighted by molar-refractivity contribution is 0.0960. The number of rotatable bonds is 8. The Morgan fingerprint density at radius 2 is 2.00 bits per heavy atom. The highest BCUT2D eigenvalue weighted by Crippen LogP contribution is 2.20. The summed E-state index contributed by atoms with van der Waals surface area (Å²) in [5.41, 5.74) is 7.60. The SMILES string of the molecule is CCCCOCCOc1nnc(C)c(C)c1/C(N)=N/O. The number of aromatic nitrogens is 2. The molecule has 1 heterocycles. The van der Waals surface area contributed by atoms with Crippen LogP contribution < -0.4 is 10.5 Å². The molecule has 20 heavy (non-hydrogen) atoms. The molecular formula is C13H22N4O3. The molecule has 3 N–H and O–H groups in total. The second-order valence-corrected chi connectivity index (χ2v) is 4.39. The third-order valence-electron chi connectivity index (χ3n) is 2.89. The van der Waals surface area contributed by atoms with Crippen molar-refractivity contribution in [2.24, 2.45) is 10.9 Å². The molecule has 1 rings (SSSR count). The van der Waals surface area contributed by atoms with Crippen LogP contribution in [0.2, 0.25) is 0 Å². The summed E-state index contributed by atoms with van der Waals surface area (Å²) in [5, 5.41) is 19.8. The number of nitrogens with zero attached hydrogens (tertiary/aromatic N) is 3. The minimum Gasteiger partial charge on any atom is -0.474 e. The van der Waals surface area contributed by atoms with Gasteiger partial charge in [0.25, 0.3) is 0 Å². The van der Waals surface area contributed by atoms with E-state index in [9.17, 15) is 0 Å². The number of oxime groups is 1. The molecule has 0 aliphatic rings. The van der Waals surface area contributed by atoms with Crippen LogP contribution in [0.4, 0.5) is 0 Å². The number of ether oxygens (including phenoxy) is 2. The second kappa shape index (κ2) is 8.31. The van der Waals surface area contributed by atoms with Gasteiger partial charge in [-0.25, -0.2) is 0 Å². The van der Waals surface area contributed by atoms with E-state index in [1.165, 1.54) is 0 Å². The second-order valence-electron chi connectivity index (χ2n) is 4.39. The van der Waals surface area contributed by atoms with Crippen LogP contribution in [0.15, 0.2) is 5.16 Å². The minimum absolute atomic E-state index is 0.0394. The molecule has 0 saturated heterocycles. The number of unbranched alkanes of at least 4 members (excludes halogenated alkanes) is 1. The molecule has 0 spiro atoms. The molecule has 0 atom stereocenters. The molecule has 7 nitrogen and oxygen atoms in total. The summed E-state index contributed by atoms with van der Waals surface area (Å²) in [5.74, 6) is 0.213. The maximum Gasteiger partial charge on any atom is 0.245 e. The van der Waals surface area contributed by atoms with Crippen molar-refractivity contribution in [2.75, 3.05) is 19.8 Å². The zero-order chi connectivity index (χ0) is 15.0. The van der Waals surface area contributed by atoms with Gasteiger partial charge in [0.15, 0.2) is 5.84 Å². The molecular weight excluding hydrogens is 260 g/mol. The molecule has 0 aliphatic carbocycles. The summed E-state index contributed by atoms with van der Waals surface area (Å²) in [6.45, 7) is 7.24. The van der Waals surface area contributed by atoms with Crippen molar-refractivity contribution in [3.8, 4) is 5.88 Å². The molecule has 0 aliphatic heterocycles. The third-order valence-corrected chi connectivity index (χ3v) is 2.89. The van der Waals surface area contributed by atoms with Crippen molar-refractivity contribution in [1.82, 2.24) is 10.2 Å². The van der Waals surface area contributed by atoms with Crippen LogP contribution in [-0.2, 0) is 4.74 Å². The maximum atomic E-state index is 8.83. The first kappa shape index (κ1) is 16.2. The van der Waals surface area contributed by atoms with E-state index in [0.29, 0.717) is 31.1 Å². The van der Waals surface area contributed by atoms with E-state index < -0.39 is 0 Å². The lowest BCUT2D eigenvalue weighted by Crippen LogP contribution is -2.20. The molecule has 0 fully saturated rings. The maximum absolute atomic E-state index is 8.83. The van der Waals surface area contributed by atoms with Crippen molar-refractivity contribution in [3.05, 3.63) is 16.8 Å². The zero-order valence-corrected chi connectivity index (χ0v) is 12.2. The lowest BCUT2D eigenvalue weighted by Gasteiger charge is -2.12. The number of hydrogen-bond donors (Lipinski definition) is 2. The smallest absolute Gasteiger partial charge is 0.245 e. The molecule has 1 aromatic heterocycles. The van der Waals surface area contributed by atoms with Gasteiger partial charge in [0.05, 0.1) is 17.9 Å². The number of hydrogen-bond acceptors (Lipinski definition) is 6. The van der Waals surface area contributed by atoms with Gasteiger partial charge in [-0.15, -0.1) is 5.10 Å². The summed E-state index contributed by atoms with van der Waals surface area (Å²) >= 11 is 0.